The van der Waals surface area contributed by atoms with Gasteiger partial charge in [-0.25, -0.2) is 4.98 Å². The third-order valence-electron chi connectivity index (χ3n) is 4.72. The smallest absolute Gasteiger partial charge is 0.0945 e. The van der Waals surface area contributed by atoms with E-state index < -0.39 is 0 Å². The Hall–Kier alpha value is -2.35. The summed E-state index contributed by atoms with van der Waals surface area (Å²) >= 11 is 0. The molecule has 0 atom stereocenters. The number of hydrogen-bond acceptors (Lipinski definition) is 1. The van der Waals surface area contributed by atoms with Crippen molar-refractivity contribution in [1.82, 2.24) is 9.55 Å². The molecule has 0 N–H and O–H groups in total. The largest absolute Gasteiger partial charge is 0.337 e. The second-order valence-electron chi connectivity index (χ2n) is 6.50. The average Bonchev–Trinajstić information content (AvgIpc) is 3.16. The molecular weight excluding hydrogens is 292 g/mol. The minimum Gasteiger partial charge on any atom is -0.337 e. The lowest BCUT2D eigenvalue weighted by Gasteiger charge is -2.17. The normalized spacial score (nSPS) is 11.0. The van der Waals surface area contributed by atoms with Crippen LogP contribution in [0.4, 0.5) is 0 Å². The molecule has 0 spiro atoms. The van der Waals surface area contributed by atoms with Gasteiger partial charge in [-0.1, -0.05) is 60.7 Å². The first-order valence-electron chi connectivity index (χ1n) is 8.94. The minimum absolute atomic E-state index is 0.743. The quantitative estimate of drug-likeness (QED) is 0.533. The molecule has 2 heteroatoms. The van der Waals surface area contributed by atoms with Crippen LogP contribution in [0.25, 0.3) is 0 Å². The van der Waals surface area contributed by atoms with Gasteiger partial charge in [-0.2, -0.15) is 0 Å². The Morgan fingerprint density at radius 3 is 1.83 bits per heavy atom. The van der Waals surface area contributed by atoms with Crippen LogP contribution in [0.1, 0.15) is 30.4 Å². The summed E-state index contributed by atoms with van der Waals surface area (Å²) in [5, 5.41) is 0. The molecule has 124 valence electrons. The van der Waals surface area contributed by atoms with E-state index >= 15 is 0 Å². The standard InChI is InChI=1S/C22H26N2/c1-3-7-20(8-4-1)11-13-22(15-17-24-18-16-23-19-24)14-12-21-9-5-2-6-10-21/h1-10,16,18-19,22H,11-15,17H2. The topological polar surface area (TPSA) is 17.8 Å². The van der Waals surface area contributed by atoms with Gasteiger partial charge < -0.3 is 4.57 Å². The van der Waals surface area contributed by atoms with Crippen LogP contribution in [-0.2, 0) is 19.4 Å². The molecule has 0 aliphatic heterocycles. The second kappa shape index (κ2) is 9.07. The number of nitrogens with zero attached hydrogens (tertiary/aromatic N) is 2. The zero-order chi connectivity index (χ0) is 16.5. The molecule has 0 unspecified atom stereocenters. The zero-order valence-electron chi connectivity index (χ0n) is 14.2. The van der Waals surface area contributed by atoms with Crippen molar-refractivity contribution >= 4 is 0 Å². The summed E-state index contributed by atoms with van der Waals surface area (Å²) in [6.45, 7) is 1.06. The molecule has 2 nitrogen and oxygen atoms in total. The summed E-state index contributed by atoms with van der Waals surface area (Å²) < 4.78 is 2.19. The van der Waals surface area contributed by atoms with Crippen molar-refractivity contribution in [3.8, 4) is 0 Å². The van der Waals surface area contributed by atoms with E-state index in [1.54, 1.807) is 0 Å². The van der Waals surface area contributed by atoms with Gasteiger partial charge in [-0.3, -0.25) is 0 Å². The number of benzene rings is 2. The van der Waals surface area contributed by atoms with E-state index in [4.69, 9.17) is 0 Å². The fraction of sp³-hybridized carbons (Fsp3) is 0.318. The van der Waals surface area contributed by atoms with Crippen LogP contribution in [0.2, 0.25) is 0 Å². The molecule has 24 heavy (non-hydrogen) atoms. The highest BCUT2D eigenvalue weighted by atomic mass is 15.0. The van der Waals surface area contributed by atoms with Crippen molar-refractivity contribution in [2.75, 3.05) is 0 Å². The first kappa shape index (κ1) is 16.5. The fourth-order valence-corrected chi connectivity index (χ4v) is 3.21. The predicted molar refractivity (Wildman–Crippen MR) is 99.9 cm³/mol. The Kier molecular flexibility index (Phi) is 6.24. The van der Waals surface area contributed by atoms with Crippen LogP contribution >= 0.6 is 0 Å². The van der Waals surface area contributed by atoms with E-state index in [1.165, 1.54) is 43.2 Å². The van der Waals surface area contributed by atoms with Gasteiger partial charge in [0.2, 0.25) is 0 Å². The van der Waals surface area contributed by atoms with Gasteiger partial charge in [0.25, 0.3) is 0 Å². The number of aryl methyl sites for hydroxylation is 3. The van der Waals surface area contributed by atoms with Crippen LogP contribution in [0.15, 0.2) is 79.4 Å². The minimum atomic E-state index is 0.743. The number of aromatic nitrogens is 2. The molecule has 0 saturated heterocycles. The molecule has 2 aromatic carbocycles. The van der Waals surface area contributed by atoms with Crippen molar-refractivity contribution in [3.63, 3.8) is 0 Å². The summed E-state index contributed by atoms with van der Waals surface area (Å²) in [6, 6.07) is 21.7. The van der Waals surface area contributed by atoms with E-state index in [0.29, 0.717) is 0 Å². The van der Waals surface area contributed by atoms with Crippen molar-refractivity contribution in [2.45, 2.75) is 38.6 Å². The monoisotopic (exact) mass is 318 g/mol. The molecule has 0 radical (unpaired) electrons. The van der Waals surface area contributed by atoms with Gasteiger partial charge >= 0.3 is 0 Å². The van der Waals surface area contributed by atoms with Gasteiger partial charge in [0.1, 0.15) is 0 Å². The Morgan fingerprint density at radius 2 is 1.33 bits per heavy atom. The van der Waals surface area contributed by atoms with Crippen LogP contribution in [0, 0.1) is 5.92 Å². The van der Waals surface area contributed by atoms with Crippen molar-refractivity contribution in [3.05, 3.63) is 90.5 Å². The highest BCUT2D eigenvalue weighted by Gasteiger charge is 2.10. The summed E-state index contributed by atoms with van der Waals surface area (Å²) in [6.07, 6.45) is 11.9. The van der Waals surface area contributed by atoms with E-state index in [1.807, 2.05) is 12.5 Å². The van der Waals surface area contributed by atoms with E-state index in [-0.39, 0.29) is 0 Å². The molecule has 3 aromatic rings. The number of rotatable bonds is 9. The summed E-state index contributed by atoms with van der Waals surface area (Å²) in [4.78, 5) is 4.15. The summed E-state index contributed by atoms with van der Waals surface area (Å²) in [5.41, 5.74) is 2.90. The lowest BCUT2D eigenvalue weighted by Crippen LogP contribution is -2.08. The van der Waals surface area contributed by atoms with Crippen LogP contribution in [0.3, 0.4) is 0 Å². The SMILES string of the molecule is c1ccc(CCC(CCc2ccccc2)CCn2ccnc2)cc1. The zero-order valence-corrected chi connectivity index (χ0v) is 14.2. The lowest BCUT2D eigenvalue weighted by atomic mass is 9.90. The van der Waals surface area contributed by atoms with Gasteiger partial charge in [0.05, 0.1) is 6.33 Å². The van der Waals surface area contributed by atoms with Crippen LogP contribution < -0.4 is 0 Å². The molecule has 0 fully saturated rings. The van der Waals surface area contributed by atoms with Crippen molar-refractivity contribution in [2.24, 2.45) is 5.92 Å². The molecular formula is C22H26N2. The molecule has 1 heterocycles. The summed E-state index contributed by atoms with van der Waals surface area (Å²) in [7, 11) is 0. The Balaban J connectivity index is 1.54. The second-order valence-corrected chi connectivity index (χ2v) is 6.50. The maximum absolute atomic E-state index is 4.15. The molecule has 0 amide bonds. The first-order chi connectivity index (χ1) is 11.9. The maximum Gasteiger partial charge on any atom is 0.0945 e. The molecule has 0 aliphatic carbocycles. The third-order valence-corrected chi connectivity index (χ3v) is 4.72. The lowest BCUT2D eigenvalue weighted by molar-refractivity contribution is 0.393. The Labute approximate surface area is 145 Å². The molecule has 3 rings (SSSR count). The van der Waals surface area contributed by atoms with E-state index in [0.717, 1.165) is 12.5 Å². The van der Waals surface area contributed by atoms with Crippen LogP contribution in [0.5, 0.6) is 0 Å². The Bertz CT molecular complexity index is 631. The fourth-order valence-electron chi connectivity index (χ4n) is 3.21. The Morgan fingerprint density at radius 1 is 0.750 bits per heavy atom. The maximum atomic E-state index is 4.15. The van der Waals surface area contributed by atoms with Gasteiger partial charge in [0.15, 0.2) is 0 Å². The summed E-state index contributed by atoms with van der Waals surface area (Å²) in [5.74, 6) is 0.743. The molecule has 1 aromatic heterocycles. The van der Waals surface area contributed by atoms with Gasteiger partial charge in [0, 0.05) is 18.9 Å². The number of hydrogen-bond donors (Lipinski definition) is 0. The van der Waals surface area contributed by atoms with Crippen molar-refractivity contribution < 1.29 is 0 Å². The molecule has 0 bridgehead atoms. The van der Waals surface area contributed by atoms with Gasteiger partial charge in [-0.15, -0.1) is 0 Å². The number of imidazole rings is 1. The highest BCUT2D eigenvalue weighted by molar-refractivity contribution is 5.16. The van der Waals surface area contributed by atoms with E-state index in [2.05, 4.69) is 76.4 Å². The highest BCUT2D eigenvalue weighted by Crippen LogP contribution is 2.20. The van der Waals surface area contributed by atoms with E-state index in [9.17, 15) is 0 Å². The molecule has 0 saturated carbocycles. The third kappa shape index (κ3) is 5.38. The van der Waals surface area contributed by atoms with Crippen LogP contribution in [-0.4, -0.2) is 9.55 Å². The molecule has 0 aliphatic rings. The predicted octanol–water partition coefficient (Wildman–Crippen LogP) is 5.16. The first-order valence-corrected chi connectivity index (χ1v) is 8.94. The van der Waals surface area contributed by atoms with Crippen molar-refractivity contribution in [1.29, 1.82) is 0 Å². The average molecular weight is 318 g/mol. The van der Waals surface area contributed by atoms with Gasteiger partial charge in [-0.05, 0) is 49.1 Å².